The van der Waals surface area contributed by atoms with E-state index in [1.165, 1.54) is 6.92 Å². The number of ether oxygens (including phenoxy) is 1. The smallest absolute Gasteiger partial charge is 0.251 e. The Morgan fingerprint density at radius 3 is 2.42 bits per heavy atom. The zero-order chi connectivity index (χ0) is 26.2. The number of hydrogen-bond acceptors (Lipinski definition) is 6. The van der Waals surface area contributed by atoms with Crippen LogP contribution in [0.1, 0.15) is 53.7 Å². The standard InChI is InChI=1S/C27H32ClN3O5/c1-17(2)36-25-9-8-21(15-23(25)28)27(35)29-22(10-12-32)14-19-4-6-20(7-5-19)24-16-31(11-13-33)26(30-24)18(3)34/h4-9,15-17,22,32-33H,10-14H2,1-3H3,(H,29,35). The van der Waals surface area contributed by atoms with Crippen LogP contribution < -0.4 is 10.1 Å². The average molecular weight is 514 g/mol. The van der Waals surface area contributed by atoms with Crippen LogP contribution in [-0.4, -0.2) is 56.8 Å². The number of aliphatic hydroxyl groups excluding tert-OH is 2. The Morgan fingerprint density at radius 2 is 1.83 bits per heavy atom. The highest BCUT2D eigenvalue weighted by molar-refractivity contribution is 6.32. The lowest BCUT2D eigenvalue weighted by atomic mass is 10.0. The van der Waals surface area contributed by atoms with E-state index in [0.717, 1.165) is 11.1 Å². The molecular formula is C27H32ClN3O5. The molecule has 36 heavy (non-hydrogen) atoms. The minimum Gasteiger partial charge on any atom is -0.489 e. The van der Waals surface area contributed by atoms with Crippen LogP contribution in [0.2, 0.25) is 5.02 Å². The van der Waals surface area contributed by atoms with Crippen molar-refractivity contribution in [2.24, 2.45) is 0 Å². The van der Waals surface area contributed by atoms with Crippen molar-refractivity contribution in [3.05, 3.63) is 70.6 Å². The van der Waals surface area contributed by atoms with Crippen LogP contribution in [0.15, 0.2) is 48.7 Å². The number of Topliss-reactive ketones (excluding diaryl/α,β-unsaturated/α-hetero) is 1. The molecule has 1 atom stereocenters. The van der Waals surface area contributed by atoms with Crippen molar-refractivity contribution in [2.75, 3.05) is 13.2 Å². The lowest BCUT2D eigenvalue weighted by Gasteiger charge is -2.19. The van der Waals surface area contributed by atoms with Crippen molar-refractivity contribution in [1.82, 2.24) is 14.9 Å². The first kappa shape index (κ1) is 27.4. The molecule has 0 aliphatic carbocycles. The first-order valence-corrected chi connectivity index (χ1v) is 12.3. The normalized spacial score (nSPS) is 12.0. The fourth-order valence-electron chi connectivity index (χ4n) is 3.85. The van der Waals surface area contributed by atoms with Gasteiger partial charge in [0.25, 0.3) is 5.91 Å². The number of rotatable bonds is 12. The summed E-state index contributed by atoms with van der Waals surface area (Å²) in [6.45, 7) is 5.38. The van der Waals surface area contributed by atoms with Crippen LogP contribution in [0.3, 0.4) is 0 Å². The molecule has 0 aliphatic rings. The van der Waals surface area contributed by atoms with Gasteiger partial charge in [0.2, 0.25) is 0 Å². The van der Waals surface area contributed by atoms with Crippen molar-refractivity contribution in [1.29, 1.82) is 0 Å². The summed E-state index contributed by atoms with van der Waals surface area (Å²) in [5.74, 6) is 0.371. The van der Waals surface area contributed by atoms with E-state index in [1.807, 2.05) is 38.1 Å². The molecule has 9 heteroatoms. The van der Waals surface area contributed by atoms with Crippen LogP contribution in [0.25, 0.3) is 11.3 Å². The molecule has 192 valence electrons. The summed E-state index contributed by atoms with van der Waals surface area (Å²) in [6.07, 6.45) is 2.63. The minimum absolute atomic E-state index is 0.0325. The van der Waals surface area contributed by atoms with Crippen LogP contribution in [0.4, 0.5) is 0 Å². The third kappa shape index (κ3) is 7.16. The first-order chi connectivity index (χ1) is 17.2. The Hall–Kier alpha value is -3.20. The number of carbonyl (C=O) groups excluding carboxylic acids is 2. The number of halogens is 1. The van der Waals surface area contributed by atoms with Gasteiger partial charge in [0, 0.05) is 43.4 Å². The predicted molar refractivity (Wildman–Crippen MR) is 139 cm³/mol. The molecule has 8 nitrogen and oxygen atoms in total. The van der Waals surface area contributed by atoms with Crippen LogP contribution >= 0.6 is 11.6 Å². The number of nitrogens with one attached hydrogen (secondary N) is 1. The van der Waals surface area contributed by atoms with Gasteiger partial charge in [-0.3, -0.25) is 9.59 Å². The molecule has 1 heterocycles. The van der Waals surface area contributed by atoms with Gasteiger partial charge < -0.3 is 24.8 Å². The summed E-state index contributed by atoms with van der Waals surface area (Å²) in [7, 11) is 0. The SMILES string of the molecule is CC(=O)c1nc(-c2ccc(CC(CCO)NC(=O)c3ccc(OC(C)C)c(Cl)c3)cc2)cn1CCO. The summed E-state index contributed by atoms with van der Waals surface area (Å²) in [6, 6.07) is 12.3. The van der Waals surface area contributed by atoms with E-state index in [0.29, 0.717) is 47.2 Å². The molecule has 0 saturated heterocycles. The molecule has 1 aromatic heterocycles. The third-order valence-electron chi connectivity index (χ3n) is 5.53. The number of ketones is 1. The van der Waals surface area contributed by atoms with Gasteiger partial charge in [-0.05, 0) is 50.5 Å². The van der Waals surface area contributed by atoms with Crippen LogP contribution in [-0.2, 0) is 13.0 Å². The number of amides is 1. The molecule has 3 rings (SSSR count). The van der Waals surface area contributed by atoms with E-state index in [-0.39, 0.29) is 37.0 Å². The molecule has 3 N–H and O–H groups in total. The number of nitrogens with zero attached hydrogens (tertiary/aromatic N) is 2. The van der Waals surface area contributed by atoms with Gasteiger partial charge in [-0.2, -0.15) is 0 Å². The number of aromatic nitrogens is 2. The maximum Gasteiger partial charge on any atom is 0.251 e. The largest absolute Gasteiger partial charge is 0.489 e. The highest BCUT2D eigenvalue weighted by atomic mass is 35.5. The second-order valence-electron chi connectivity index (χ2n) is 8.82. The zero-order valence-electron chi connectivity index (χ0n) is 20.7. The van der Waals surface area contributed by atoms with E-state index in [9.17, 15) is 19.8 Å². The van der Waals surface area contributed by atoms with E-state index in [1.54, 1.807) is 29.0 Å². The van der Waals surface area contributed by atoms with E-state index >= 15 is 0 Å². The molecule has 0 aliphatic heterocycles. The van der Waals surface area contributed by atoms with E-state index in [4.69, 9.17) is 16.3 Å². The van der Waals surface area contributed by atoms with Crippen molar-refractivity contribution >= 4 is 23.3 Å². The Bertz CT molecular complexity index is 1190. The summed E-state index contributed by atoms with van der Waals surface area (Å²) in [4.78, 5) is 29.1. The zero-order valence-corrected chi connectivity index (χ0v) is 21.5. The molecule has 0 radical (unpaired) electrons. The van der Waals surface area contributed by atoms with Crippen molar-refractivity contribution in [3.63, 3.8) is 0 Å². The number of hydrogen-bond donors (Lipinski definition) is 3. The van der Waals surface area contributed by atoms with Crippen LogP contribution in [0.5, 0.6) is 5.75 Å². The van der Waals surface area contributed by atoms with E-state index in [2.05, 4.69) is 10.3 Å². The molecule has 0 bridgehead atoms. The Morgan fingerprint density at radius 1 is 1.11 bits per heavy atom. The highest BCUT2D eigenvalue weighted by Gasteiger charge is 2.17. The van der Waals surface area contributed by atoms with Gasteiger partial charge in [0.15, 0.2) is 11.6 Å². The second-order valence-corrected chi connectivity index (χ2v) is 9.23. The molecule has 0 saturated carbocycles. The van der Waals surface area contributed by atoms with Gasteiger partial charge in [0.1, 0.15) is 5.75 Å². The van der Waals surface area contributed by atoms with Gasteiger partial charge in [0.05, 0.1) is 23.4 Å². The fourth-order valence-corrected chi connectivity index (χ4v) is 4.08. The van der Waals surface area contributed by atoms with Crippen LogP contribution in [0, 0.1) is 0 Å². The average Bonchev–Trinajstić information content (AvgIpc) is 3.25. The van der Waals surface area contributed by atoms with Crippen molar-refractivity contribution in [3.8, 4) is 17.0 Å². The van der Waals surface area contributed by atoms with Gasteiger partial charge in [-0.15, -0.1) is 0 Å². The Labute approximate surface area is 215 Å². The van der Waals surface area contributed by atoms with E-state index < -0.39 is 0 Å². The molecule has 2 aromatic carbocycles. The maximum absolute atomic E-state index is 12.8. The minimum atomic E-state index is -0.285. The number of aliphatic hydroxyl groups is 2. The number of benzene rings is 2. The van der Waals surface area contributed by atoms with Crippen molar-refractivity contribution < 1.29 is 24.5 Å². The summed E-state index contributed by atoms with van der Waals surface area (Å²) in [5.41, 5.74) is 2.85. The lowest BCUT2D eigenvalue weighted by molar-refractivity contribution is 0.0929. The van der Waals surface area contributed by atoms with Gasteiger partial charge in [-0.25, -0.2) is 4.98 Å². The van der Waals surface area contributed by atoms with Crippen molar-refractivity contribution in [2.45, 2.75) is 52.3 Å². The third-order valence-corrected chi connectivity index (χ3v) is 5.83. The highest BCUT2D eigenvalue weighted by Crippen LogP contribution is 2.26. The summed E-state index contributed by atoms with van der Waals surface area (Å²) >= 11 is 6.27. The maximum atomic E-state index is 12.8. The molecule has 1 unspecified atom stereocenters. The van der Waals surface area contributed by atoms with Gasteiger partial charge >= 0.3 is 0 Å². The Kier molecular flexibility index (Phi) is 9.64. The summed E-state index contributed by atoms with van der Waals surface area (Å²) in [5, 5.41) is 22.1. The number of carbonyl (C=O) groups is 2. The second kappa shape index (κ2) is 12.7. The summed E-state index contributed by atoms with van der Waals surface area (Å²) < 4.78 is 7.27. The predicted octanol–water partition coefficient (Wildman–Crippen LogP) is 3.91. The topological polar surface area (TPSA) is 114 Å². The molecule has 0 spiro atoms. The molecule has 0 fully saturated rings. The molecule has 3 aromatic rings. The Balaban J connectivity index is 1.70. The molecular weight excluding hydrogens is 482 g/mol. The quantitative estimate of drug-likeness (QED) is 0.316. The van der Waals surface area contributed by atoms with Gasteiger partial charge in [-0.1, -0.05) is 35.9 Å². The first-order valence-electron chi connectivity index (χ1n) is 11.9. The fraction of sp³-hybridized carbons (Fsp3) is 0.370. The number of imidazole rings is 1. The molecule has 1 amide bonds. The monoisotopic (exact) mass is 513 g/mol. The lowest BCUT2D eigenvalue weighted by Crippen LogP contribution is -2.37.